The fourth-order valence-electron chi connectivity index (χ4n) is 4.16. The molecule has 0 atom stereocenters. The number of fused-ring (bicyclic) bond motifs is 1. The lowest BCUT2D eigenvalue weighted by Crippen LogP contribution is -2.25. The molecule has 150 valence electrons. The minimum atomic E-state index is -0.399. The SMILES string of the molecule is Cc1ccc2cccc(SC(c3ccccc3)(c3ccccc3)c3ccccc3)c2n1. The van der Waals surface area contributed by atoms with Crippen molar-refractivity contribution in [3.63, 3.8) is 0 Å². The summed E-state index contributed by atoms with van der Waals surface area (Å²) in [6, 6.07) is 43.1. The molecule has 0 spiro atoms. The molecule has 1 nitrogen and oxygen atoms in total. The molecule has 0 N–H and O–H groups in total. The van der Waals surface area contributed by atoms with E-state index in [-0.39, 0.29) is 0 Å². The number of benzene rings is 4. The van der Waals surface area contributed by atoms with Crippen molar-refractivity contribution < 1.29 is 0 Å². The normalized spacial score (nSPS) is 11.5. The van der Waals surface area contributed by atoms with E-state index in [2.05, 4.69) is 128 Å². The molecule has 1 heterocycles. The second kappa shape index (κ2) is 8.41. The first kappa shape index (κ1) is 19.6. The zero-order valence-electron chi connectivity index (χ0n) is 17.4. The van der Waals surface area contributed by atoms with Gasteiger partial charge in [0.25, 0.3) is 0 Å². The van der Waals surface area contributed by atoms with Crippen LogP contribution >= 0.6 is 11.8 Å². The quantitative estimate of drug-likeness (QED) is 0.215. The van der Waals surface area contributed by atoms with Gasteiger partial charge in [-0.25, -0.2) is 0 Å². The van der Waals surface area contributed by atoms with E-state index in [4.69, 9.17) is 4.98 Å². The minimum Gasteiger partial charge on any atom is -0.252 e. The van der Waals surface area contributed by atoms with Crippen LogP contribution in [-0.4, -0.2) is 4.98 Å². The average molecular weight is 418 g/mol. The molecular weight excluding hydrogens is 394 g/mol. The Balaban J connectivity index is 1.82. The summed E-state index contributed by atoms with van der Waals surface area (Å²) in [5, 5.41) is 1.17. The van der Waals surface area contributed by atoms with Gasteiger partial charge in [0, 0.05) is 16.0 Å². The number of hydrogen-bond donors (Lipinski definition) is 0. The molecule has 0 aliphatic heterocycles. The molecule has 0 amide bonds. The predicted octanol–water partition coefficient (Wildman–Crippen LogP) is 7.63. The summed E-state index contributed by atoms with van der Waals surface area (Å²) in [7, 11) is 0. The van der Waals surface area contributed by atoms with Crippen molar-refractivity contribution >= 4 is 22.7 Å². The van der Waals surface area contributed by atoms with Crippen molar-refractivity contribution in [2.75, 3.05) is 0 Å². The van der Waals surface area contributed by atoms with Gasteiger partial charge < -0.3 is 0 Å². The molecule has 0 saturated heterocycles. The smallest absolute Gasteiger partial charge is 0.0954 e. The predicted molar refractivity (Wildman–Crippen MR) is 132 cm³/mol. The van der Waals surface area contributed by atoms with Crippen LogP contribution in [0.15, 0.2) is 126 Å². The van der Waals surface area contributed by atoms with Crippen LogP contribution in [0.5, 0.6) is 0 Å². The standard InChI is InChI=1S/C29H23NS/c1-22-20-21-23-12-11-19-27(28(23)30-22)31-29(24-13-5-2-6-14-24,25-15-7-3-8-16-25)26-17-9-4-10-18-26/h2-21H,1H3. The van der Waals surface area contributed by atoms with Crippen molar-refractivity contribution in [3.05, 3.63) is 144 Å². The van der Waals surface area contributed by atoms with E-state index in [0.717, 1.165) is 11.2 Å². The molecule has 0 radical (unpaired) electrons. The van der Waals surface area contributed by atoms with Crippen LogP contribution in [0.25, 0.3) is 10.9 Å². The minimum absolute atomic E-state index is 0.399. The Morgan fingerprint density at radius 1 is 0.548 bits per heavy atom. The number of para-hydroxylation sites is 1. The topological polar surface area (TPSA) is 12.9 Å². The lowest BCUT2D eigenvalue weighted by Gasteiger charge is -2.35. The van der Waals surface area contributed by atoms with Crippen LogP contribution in [0.2, 0.25) is 0 Å². The molecule has 0 fully saturated rings. The number of nitrogens with zero attached hydrogens (tertiary/aromatic N) is 1. The van der Waals surface area contributed by atoms with Gasteiger partial charge >= 0.3 is 0 Å². The number of thioether (sulfide) groups is 1. The molecule has 31 heavy (non-hydrogen) atoms. The van der Waals surface area contributed by atoms with Gasteiger partial charge in [0.1, 0.15) is 0 Å². The van der Waals surface area contributed by atoms with Gasteiger partial charge in [0.05, 0.1) is 10.3 Å². The monoisotopic (exact) mass is 417 g/mol. The zero-order chi connectivity index (χ0) is 21.1. The highest BCUT2D eigenvalue weighted by Gasteiger charge is 2.38. The van der Waals surface area contributed by atoms with Crippen molar-refractivity contribution in [2.45, 2.75) is 16.6 Å². The summed E-state index contributed by atoms with van der Waals surface area (Å²) in [6.45, 7) is 2.06. The highest BCUT2D eigenvalue weighted by Crippen LogP contribution is 2.52. The summed E-state index contributed by atoms with van der Waals surface area (Å²) in [5.41, 5.74) is 5.84. The van der Waals surface area contributed by atoms with E-state index in [1.165, 1.54) is 27.0 Å². The molecule has 0 aliphatic rings. The second-order valence-corrected chi connectivity index (χ2v) is 8.92. The second-order valence-electron chi connectivity index (χ2n) is 7.66. The lowest BCUT2D eigenvalue weighted by molar-refractivity contribution is 0.894. The van der Waals surface area contributed by atoms with Gasteiger partial charge in [-0.2, -0.15) is 0 Å². The van der Waals surface area contributed by atoms with Gasteiger partial charge in [-0.3, -0.25) is 4.98 Å². The van der Waals surface area contributed by atoms with Crippen molar-refractivity contribution in [1.29, 1.82) is 0 Å². The van der Waals surface area contributed by atoms with Gasteiger partial charge in [-0.05, 0) is 35.7 Å². The summed E-state index contributed by atoms with van der Waals surface area (Å²) in [4.78, 5) is 6.10. The maximum Gasteiger partial charge on any atom is 0.0954 e. The van der Waals surface area contributed by atoms with Crippen LogP contribution in [0.4, 0.5) is 0 Å². The lowest BCUT2D eigenvalue weighted by atomic mass is 9.84. The first-order chi connectivity index (χ1) is 15.3. The highest BCUT2D eigenvalue weighted by atomic mass is 32.2. The molecule has 0 bridgehead atoms. The Morgan fingerprint density at radius 3 is 1.58 bits per heavy atom. The van der Waals surface area contributed by atoms with Crippen LogP contribution in [0.1, 0.15) is 22.4 Å². The highest BCUT2D eigenvalue weighted by molar-refractivity contribution is 8.00. The van der Waals surface area contributed by atoms with Crippen LogP contribution in [0.3, 0.4) is 0 Å². The molecule has 5 aromatic rings. The Hall–Kier alpha value is -3.36. The van der Waals surface area contributed by atoms with E-state index < -0.39 is 4.75 Å². The first-order valence-corrected chi connectivity index (χ1v) is 11.3. The van der Waals surface area contributed by atoms with Gasteiger partial charge in [-0.15, -0.1) is 11.8 Å². The summed E-state index contributed by atoms with van der Waals surface area (Å²) < 4.78 is -0.399. The number of rotatable bonds is 5. The van der Waals surface area contributed by atoms with Crippen molar-refractivity contribution in [1.82, 2.24) is 4.98 Å². The van der Waals surface area contributed by atoms with E-state index in [1.807, 2.05) is 11.8 Å². The van der Waals surface area contributed by atoms with Gasteiger partial charge in [0.2, 0.25) is 0 Å². The molecule has 0 saturated carbocycles. The summed E-state index contributed by atoms with van der Waals surface area (Å²) in [6.07, 6.45) is 0. The Kier molecular flexibility index (Phi) is 5.31. The molecule has 1 aromatic heterocycles. The fraction of sp³-hybridized carbons (Fsp3) is 0.0690. The maximum atomic E-state index is 4.92. The molecule has 2 heteroatoms. The number of aromatic nitrogens is 1. The van der Waals surface area contributed by atoms with E-state index in [0.29, 0.717) is 0 Å². The number of hydrogen-bond acceptors (Lipinski definition) is 2. The third-order valence-corrected chi connectivity index (χ3v) is 7.19. The summed E-state index contributed by atoms with van der Waals surface area (Å²) >= 11 is 1.87. The fourth-order valence-corrected chi connectivity index (χ4v) is 5.66. The van der Waals surface area contributed by atoms with Crippen LogP contribution in [-0.2, 0) is 4.75 Å². The molecule has 0 aliphatic carbocycles. The molecule has 4 aromatic carbocycles. The molecule has 0 unspecified atom stereocenters. The first-order valence-electron chi connectivity index (χ1n) is 10.5. The largest absolute Gasteiger partial charge is 0.252 e. The average Bonchev–Trinajstić information content (AvgIpc) is 2.84. The van der Waals surface area contributed by atoms with Gasteiger partial charge in [-0.1, -0.05) is 109 Å². The van der Waals surface area contributed by atoms with Gasteiger partial charge in [0.15, 0.2) is 0 Å². The number of aryl methyl sites for hydroxylation is 1. The Labute approximate surface area is 187 Å². The number of pyridine rings is 1. The van der Waals surface area contributed by atoms with E-state index in [1.54, 1.807) is 0 Å². The summed E-state index contributed by atoms with van der Waals surface area (Å²) in [5.74, 6) is 0. The Bertz CT molecular complexity index is 1200. The van der Waals surface area contributed by atoms with Crippen LogP contribution < -0.4 is 0 Å². The molecular formula is C29H23NS. The third-order valence-electron chi connectivity index (χ3n) is 5.63. The van der Waals surface area contributed by atoms with Crippen molar-refractivity contribution in [3.8, 4) is 0 Å². The Morgan fingerprint density at radius 2 is 1.06 bits per heavy atom. The third kappa shape index (κ3) is 3.64. The van der Waals surface area contributed by atoms with Crippen molar-refractivity contribution in [2.24, 2.45) is 0 Å². The maximum absolute atomic E-state index is 4.92. The molecule has 5 rings (SSSR count). The van der Waals surface area contributed by atoms with E-state index >= 15 is 0 Å². The van der Waals surface area contributed by atoms with Crippen LogP contribution in [0, 0.1) is 6.92 Å². The zero-order valence-corrected chi connectivity index (χ0v) is 18.2. The van der Waals surface area contributed by atoms with E-state index in [9.17, 15) is 0 Å².